The second kappa shape index (κ2) is 9.71. The fourth-order valence-corrected chi connectivity index (χ4v) is 3.55. The molecule has 2 rings (SSSR count). The Labute approximate surface area is 136 Å². The molecule has 0 saturated heterocycles. The molecule has 0 spiro atoms. The van der Waals surface area contributed by atoms with Gasteiger partial charge in [0.15, 0.2) is 0 Å². The molecule has 0 bridgehead atoms. The monoisotopic (exact) mass is 300 g/mol. The number of ether oxygens (including phenoxy) is 1. The summed E-state index contributed by atoms with van der Waals surface area (Å²) in [7, 11) is 0. The van der Waals surface area contributed by atoms with Gasteiger partial charge in [-0.1, -0.05) is 64.5 Å². The van der Waals surface area contributed by atoms with E-state index < -0.39 is 0 Å². The molecule has 0 amide bonds. The molecule has 1 aliphatic carbocycles. The van der Waals surface area contributed by atoms with E-state index in [0.717, 1.165) is 24.0 Å². The Bertz CT molecular complexity index is 424. The number of aryl methyl sites for hydroxylation is 1. The number of allylic oxidation sites excluding steroid dienone is 1. The zero-order chi connectivity index (χ0) is 15.6. The molecule has 22 heavy (non-hydrogen) atoms. The summed E-state index contributed by atoms with van der Waals surface area (Å²) in [6.45, 7) is 4.43. The molecule has 122 valence electrons. The van der Waals surface area contributed by atoms with Crippen molar-refractivity contribution in [2.24, 2.45) is 11.8 Å². The smallest absolute Gasteiger partial charge is 0.126 e. The van der Waals surface area contributed by atoms with E-state index in [1.807, 2.05) is 6.08 Å². The largest absolute Gasteiger partial charge is 0.465 e. The lowest BCUT2D eigenvalue weighted by Gasteiger charge is -2.28. The molecule has 1 nitrogen and oxygen atoms in total. The maximum Gasteiger partial charge on any atom is 0.126 e. The van der Waals surface area contributed by atoms with Crippen molar-refractivity contribution >= 4 is 0 Å². The summed E-state index contributed by atoms with van der Waals surface area (Å²) in [6, 6.07) is 8.62. The topological polar surface area (TPSA) is 9.23 Å². The zero-order valence-electron chi connectivity index (χ0n) is 14.4. The molecule has 1 fully saturated rings. The lowest BCUT2D eigenvalue weighted by Crippen LogP contribution is -2.15. The number of rotatable bonds is 8. The third kappa shape index (κ3) is 5.87. The average molecular weight is 300 g/mol. The van der Waals surface area contributed by atoms with Gasteiger partial charge in [-0.3, -0.25) is 0 Å². The molecule has 1 heteroatoms. The maximum absolute atomic E-state index is 5.55. The molecule has 0 unspecified atom stereocenters. The third-order valence-electron chi connectivity index (χ3n) is 4.96. The normalized spacial score (nSPS) is 22.1. The number of hydrogen-bond donors (Lipinski definition) is 0. The first-order chi connectivity index (χ1) is 10.8. The first-order valence-corrected chi connectivity index (χ1v) is 9.22. The van der Waals surface area contributed by atoms with Crippen molar-refractivity contribution in [3.63, 3.8) is 0 Å². The molecule has 0 radical (unpaired) electrons. The van der Waals surface area contributed by atoms with Crippen molar-refractivity contribution in [1.82, 2.24) is 0 Å². The summed E-state index contributed by atoms with van der Waals surface area (Å²) in [6.07, 6.45) is 16.0. The standard InChI is InChI=1S/C21H32O/c1-3-5-17-22-21-15-13-20(14-16-21)12-11-19-9-7-18(6-4-2)8-10-19/h5,13-19H,3-4,6-12H2,1-2H3. The summed E-state index contributed by atoms with van der Waals surface area (Å²) >= 11 is 0. The van der Waals surface area contributed by atoms with E-state index in [1.54, 1.807) is 6.26 Å². The summed E-state index contributed by atoms with van der Waals surface area (Å²) in [5, 5.41) is 0. The van der Waals surface area contributed by atoms with Crippen LogP contribution in [-0.2, 0) is 6.42 Å². The van der Waals surface area contributed by atoms with Gasteiger partial charge in [0.2, 0.25) is 0 Å². The minimum atomic E-state index is 0.938. The average Bonchev–Trinajstić information content (AvgIpc) is 2.56. The molecular formula is C21H32O. The van der Waals surface area contributed by atoms with E-state index in [9.17, 15) is 0 Å². The molecular weight excluding hydrogens is 268 g/mol. The molecule has 0 aromatic heterocycles. The molecule has 1 aromatic rings. The summed E-state index contributed by atoms with van der Waals surface area (Å²) in [5.41, 5.74) is 1.45. The Morgan fingerprint density at radius 1 is 0.955 bits per heavy atom. The van der Waals surface area contributed by atoms with Gasteiger partial charge in [-0.15, -0.1) is 0 Å². The Morgan fingerprint density at radius 2 is 1.59 bits per heavy atom. The summed E-state index contributed by atoms with van der Waals surface area (Å²) in [5.74, 6) is 2.92. The Morgan fingerprint density at radius 3 is 2.18 bits per heavy atom. The van der Waals surface area contributed by atoms with Crippen LogP contribution in [0, 0.1) is 11.8 Å². The molecule has 1 aromatic carbocycles. The van der Waals surface area contributed by atoms with Crippen molar-refractivity contribution in [1.29, 1.82) is 0 Å². The molecule has 0 aliphatic heterocycles. The van der Waals surface area contributed by atoms with Crippen molar-refractivity contribution in [2.45, 2.75) is 71.6 Å². The SMILES string of the molecule is CCC=COc1ccc(CCC2CCC(CCC)CC2)cc1. The van der Waals surface area contributed by atoms with Crippen LogP contribution in [0.5, 0.6) is 5.75 Å². The van der Waals surface area contributed by atoms with Crippen LogP contribution in [0.25, 0.3) is 0 Å². The van der Waals surface area contributed by atoms with E-state index in [-0.39, 0.29) is 0 Å². The highest BCUT2D eigenvalue weighted by atomic mass is 16.5. The van der Waals surface area contributed by atoms with Gasteiger partial charge in [0.25, 0.3) is 0 Å². The summed E-state index contributed by atoms with van der Waals surface area (Å²) in [4.78, 5) is 0. The van der Waals surface area contributed by atoms with E-state index in [0.29, 0.717) is 0 Å². The van der Waals surface area contributed by atoms with Gasteiger partial charge in [0.1, 0.15) is 5.75 Å². The fraction of sp³-hybridized carbons (Fsp3) is 0.619. The van der Waals surface area contributed by atoms with E-state index >= 15 is 0 Å². The number of benzene rings is 1. The van der Waals surface area contributed by atoms with Crippen LogP contribution in [0.4, 0.5) is 0 Å². The van der Waals surface area contributed by atoms with Crippen molar-refractivity contribution < 1.29 is 4.74 Å². The highest BCUT2D eigenvalue weighted by molar-refractivity contribution is 5.27. The van der Waals surface area contributed by atoms with Crippen LogP contribution in [0.1, 0.15) is 70.8 Å². The van der Waals surface area contributed by atoms with Gasteiger partial charge in [-0.25, -0.2) is 0 Å². The van der Waals surface area contributed by atoms with E-state index in [1.165, 1.54) is 56.9 Å². The van der Waals surface area contributed by atoms with Crippen molar-refractivity contribution in [2.75, 3.05) is 0 Å². The number of hydrogen-bond acceptors (Lipinski definition) is 1. The first-order valence-electron chi connectivity index (χ1n) is 9.22. The minimum Gasteiger partial charge on any atom is -0.465 e. The van der Waals surface area contributed by atoms with Crippen LogP contribution in [0.15, 0.2) is 36.6 Å². The third-order valence-corrected chi connectivity index (χ3v) is 4.96. The second-order valence-corrected chi connectivity index (χ2v) is 6.76. The second-order valence-electron chi connectivity index (χ2n) is 6.76. The van der Waals surface area contributed by atoms with Crippen LogP contribution >= 0.6 is 0 Å². The molecule has 0 atom stereocenters. The Kier molecular flexibility index (Phi) is 7.56. The van der Waals surface area contributed by atoms with Crippen molar-refractivity contribution in [3.05, 3.63) is 42.2 Å². The first kappa shape index (κ1) is 17.1. The quantitative estimate of drug-likeness (QED) is 0.496. The van der Waals surface area contributed by atoms with Gasteiger partial charge < -0.3 is 4.74 Å². The van der Waals surface area contributed by atoms with Gasteiger partial charge in [0, 0.05) is 0 Å². The predicted octanol–water partition coefficient (Wildman–Crippen LogP) is 6.53. The highest BCUT2D eigenvalue weighted by Crippen LogP contribution is 2.33. The summed E-state index contributed by atoms with van der Waals surface area (Å²) < 4.78 is 5.55. The maximum atomic E-state index is 5.55. The van der Waals surface area contributed by atoms with Crippen LogP contribution < -0.4 is 4.74 Å². The minimum absolute atomic E-state index is 0.938. The lowest BCUT2D eigenvalue weighted by atomic mass is 9.78. The molecule has 1 saturated carbocycles. The molecule has 1 aliphatic rings. The zero-order valence-corrected chi connectivity index (χ0v) is 14.4. The fourth-order valence-electron chi connectivity index (χ4n) is 3.55. The van der Waals surface area contributed by atoms with Crippen LogP contribution in [0.3, 0.4) is 0 Å². The van der Waals surface area contributed by atoms with Gasteiger partial charge in [0.05, 0.1) is 6.26 Å². The lowest BCUT2D eigenvalue weighted by molar-refractivity contribution is 0.252. The van der Waals surface area contributed by atoms with Crippen LogP contribution in [0.2, 0.25) is 0 Å². The molecule has 0 N–H and O–H groups in total. The van der Waals surface area contributed by atoms with Gasteiger partial charge >= 0.3 is 0 Å². The van der Waals surface area contributed by atoms with Crippen LogP contribution in [-0.4, -0.2) is 0 Å². The van der Waals surface area contributed by atoms with E-state index in [4.69, 9.17) is 4.74 Å². The van der Waals surface area contributed by atoms with E-state index in [2.05, 4.69) is 38.1 Å². The van der Waals surface area contributed by atoms with Gasteiger partial charge in [-0.2, -0.15) is 0 Å². The van der Waals surface area contributed by atoms with Crippen molar-refractivity contribution in [3.8, 4) is 5.75 Å². The predicted molar refractivity (Wildman–Crippen MR) is 95.2 cm³/mol. The molecule has 0 heterocycles. The van der Waals surface area contributed by atoms with Gasteiger partial charge in [-0.05, 0) is 54.9 Å². The highest BCUT2D eigenvalue weighted by Gasteiger charge is 2.20. The Balaban J connectivity index is 1.70. The Hall–Kier alpha value is -1.24.